The van der Waals surface area contributed by atoms with Crippen LogP contribution >= 0.6 is 11.6 Å². The summed E-state index contributed by atoms with van der Waals surface area (Å²) < 4.78 is 30.6. The largest absolute Gasteiger partial charge is 0.489 e. The van der Waals surface area contributed by atoms with Crippen molar-refractivity contribution in [3.8, 4) is 5.75 Å². The molecule has 0 aliphatic heterocycles. The van der Waals surface area contributed by atoms with Gasteiger partial charge in [0.25, 0.3) is 0 Å². The van der Waals surface area contributed by atoms with Gasteiger partial charge in [-0.2, -0.15) is 0 Å². The second-order valence-electron chi connectivity index (χ2n) is 2.90. The van der Waals surface area contributed by atoms with Gasteiger partial charge < -0.3 is 15.6 Å². The van der Waals surface area contributed by atoms with Crippen molar-refractivity contribution < 1.29 is 18.6 Å². The highest BCUT2D eigenvalue weighted by atomic mass is 35.5. The van der Waals surface area contributed by atoms with Crippen LogP contribution in [0, 0.1) is 11.6 Å². The molecule has 1 aromatic carbocycles. The van der Waals surface area contributed by atoms with E-state index in [1.54, 1.807) is 0 Å². The van der Waals surface area contributed by atoms with Crippen molar-refractivity contribution >= 4 is 11.6 Å². The van der Waals surface area contributed by atoms with Crippen LogP contribution in [0.4, 0.5) is 8.78 Å². The van der Waals surface area contributed by atoms with Crippen LogP contribution in [0.5, 0.6) is 5.75 Å². The first-order chi connectivity index (χ1) is 7.04. The third-order valence-electron chi connectivity index (χ3n) is 1.66. The van der Waals surface area contributed by atoms with Crippen LogP contribution in [-0.4, -0.2) is 24.4 Å². The Kier molecular flexibility index (Phi) is 4.26. The maximum atomic E-state index is 12.9. The van der Waals surface area contributed by atoms with Crippen molar-refractivity contribution in [3.05, 3.63) is 28.8 Å². The van der Waals surface area contributed by atoms with Gasteiger partial charge in [-0.1, -0.05) is 11.6 Å². The van der Waals surface area contributed by atoms with Gasteiger partial charge in [-0.3, -0.25) is 0 Å². The van der Waals surface area contributed by atoms with Crippen molar-refractivity contribution in [1.82, 2.24) is 0 Å². The number of hydrogen-bond acceptors (Lipinski definition) is 3. The fourth-order valence-corrected chi connectivity index (χ4v) is 1.06. The van der Waals surface area contributed by atoms with E-state index in [0.717, 1.165) is 6.07 Å². The first-order valence-electron chi connectivity index (χ1n) is 4.20. The number of aliphatic hydroxyl groups is 1. The average Bonchev–Trinajstić information content (AvgIpc) is 2.20. The van der Waals surface area contributed by atoms with Crippen molar-refractivity contribution in [2.45, 2.75) is 6.10 Å². The molecule has 0 spiro atoms. The summed E-state index contributed by atoms with van der Waals surface area (Å²) in [5.74, 6) is -1.86. The monoisotopic (exact) mass is 237 g/mol. The molecule has 84 valence electrons. The SMILES string of the molecule is NC[C@@H](O)COc1cc(F)cc(F)c1Cl. The lowest BCUT2D eigenvalue weighted by molar-refractivity contribution is 0.114. The number of ether oxygens (including phenoxy) is 1. The minimum absolute atomic E-state index is 0.00455. The predicted molar refractivity (Wildman–Crippen MR) is 51.9 cm³/mol. The molecule has 1 rings (SSSR count). The third kappa shape index (κ3) is 3.30. The van der Waals surface area contributed by atoms with E-state index in [1.807, 2.05) is 0 Å². The molecule has 0 unspecified atom stereocenters. The van der Waals surface area contributed by atoms with E-state index < -0.39 is 17.7 Å². The van der Waals surface area contributed by atoms with Gasteiger partial charge in [0.2, 0.25) is 0 Å². The topological polar surface area (TPSA) is 55.5 Å². The molecular formula is C9H10ClF2NO2. The molecule has 0 aromatic heterocycles. The van der Waals surface area contributed by atoms with Crippen LogP contribution in [0.3, 0.4) is 0 Å². The lowest BCUT2D eigenvalue weighted by atomic mass is 10.3. The molecule has 0 aliphatic rings. The van der Waals surface area contributed by atoms with Gasteiger partial charge in [-0.15, -0.1) is 0 Å². The summed E-state index contributed by atoms with van der Waals surface area (Å²) in [4.78, 5) is 0. The zero-order valence-corrected chi connectivity index (χ0v) is 8.47. The molecule has 0 fully saturated rings. The van der Waals surface area contributed by atoms with Gasteiger partial charge in [0, 0.05) is 18.7 Å². The Hall–Kier alpha value is -0.910. The summed E-state index contributed by atoms with van der Waals surface area (Å²) in [6.45, 7) is -0.172. The fraction of sp³-hybridized carbons (Fsp3) is 0.333. The molecule has 1 aromatic rings. The zero-order valence-electron chi connectivity index (χ0n) is 7.71. The van der Waals surface area contributed by atoms with Gasteiger partial charge in [0.1, 0.15) is 35.1 Å². The molecule has 1 atom stereocenters. The van der Waals surface area contributed by atoms with E-state index in [2.05, 4.69) is 0 Å². The summed E-state index contributed by atoms with van der Waals surface area (Å²) in [6.07, 6.45) is -0.896. The highest BCUT2D eigenvalue weighted by molar-refractivity contribution is 6.32. The molecule has 0 aliphatic carbocycles. The standard InChI is InChI=1S/C9H10ClF2NO2/c10-9-7(12)1-5(11)2-8(9)15-4-6(14)3-13/h1-2,6,14H,3-4,13H2/t6-/m1/s1. The van der Waals surface area contributed by atoms with Crippen LogP contribution in [0.15, 0.2) is 12.1 Å². The molecule has 0 heterocycles. The van der Waals surface area contributed by atoms with Crippen LogP contribution in [0.1, 0.15) is 0 Å². The Labute approximate surface area is 90.4 Å². The number of nitrogens with two attached hydrogens (primary N) is 1. The lowest BCUT2D eigenvalue weighted by Gasteiger charge is -2.11. The summed E-state index contributed by atoms with van der Waals surface area (Å²) in [5.41, 5.74) is 5.12. The van der Waals surface area contributed by atoms with Crippen molar-refractivity contribution in [2.24, 2.45) is 5.73 Å². The normalized spacial score (nSPS) is 12.6. The minimum atomic E-state index is -0.908. The summed E-state index contributed by atoms with van der Waals surface area (Å²) in [7, 11) is 0. The Morgan fingerprint density at radius 2 is 2.13 bits per heavy atom. The average molecular weight is 238 g/mol. The van der Waals surface area contributed by atoms with Crippen LogP contribution < -0.4 is 10.5 Å². The number of benzene rings is 1. The first-order valence-corrected chi connectivity index (χ1v) is 4.58. The van der Waals surface area contributed by atoms with E-state index in [0.29, 0.717) is 6.07 Å². The Morgan fingerprint density at radius 3 is 2.73 bits per heavy atom. The van der Waals surface area contributed by atoms with Crippen molar-refractivity contribution in [3.63, 3.8) is 0 Å². The maximum Gasteiger partial charge on any atom is 0.148 e. The molecule has 3 nitrogen and oxygen atoms in total. The molecule has 0 saturated heterocycles. The second-order valence-corrected chi connectivity index (χ2v) is 3.28. The van der Waals surface area contributed by atoms with E-state index in [-0.39, 0.29) is 23.9 Å². The molecule has 0 bridgehead atoms. The number of halogens is 3. The van der Waals surface area contributed by atoms with Crippen molar-refractivity contribution in [1.29, 1.82) is 0 Å². The molecule has 15 heavy (non-hydrogen) atoms. The molecule has 0 amide bonds. The molecule has 0 saturated carbocycles. The van der Waals surface area contributed by atoms with Gasteiger partial charge >= 0.3 is 0 Å². The van der Waals surface area contributed by atoms with Gasteiger partial charge in [0.15, 0.2) is 0 Å². The van der Waals surface area contributed by atoms with Gasteiger partial charge in [-0.25, -0.2) is 8.78 Å². The number of hydrogen-bond donors (Lipinski definition) is 2. The summed E-state index contributed by atoms with van der Waals surface area (Å²) >= 11 is 5.51. The third-order valence-corrected chi connectivity index (χ3v) is 2.03. The smallest absolute Gasteiger partial charge is 0.148 e. The fourth-order valence-electron chi connectivity index (χ4n) is 0.891. The quantitative estimate of drug-likeness (QED) is 0.777. The van der Waals surface area contributed by atoms with Gasteiger partial charge in [0.05, 0.1) is 0 Å². The highest BCUT2D eigenvalue weighted by Gasteiger charge is 2.11. The lowest BCUT2D eigenvalue weighted by Crippen LogP contribution is -2.26. The Balaban J connectivity index is 2.76. The van der Waals surface area contributed by atoms with Crippen LogP contribution in [0.2, 0.25) is 5.02 Å². The Morgan fingerprint density at radius 1 is 1.47 bits per heavy atom. The van der Waals surface area contributed by atoms with Crippen molar-refractivity contribution in [2.75, 3.05) is 13.2 Å². The van der Waals surface area contributed by atoms with Gasteiger partial charge in [-0.05, 0) is 0 Å². The van der Waals surface area contributed by atoms with Crippen LogP contribution in [-0.2, 0) is 0 Å². The molecule has 0 radical (unpaired) electrons. The molecule has 6 heteroatoms. The maximum absolute atomic E-state index is 12.9. The first kappa shape index (κ1) is 12.2. The molecular weight excluding hydrogens is 228 g/mol. The summed E-state index contributed by atoms with van der Waals surface area (Å²) in [5, 5.41) is 8.75. The molecule has 3 N–H and O–H groups in total. The number of aliphatic hydroxyl groups excluding tert-OH is 1. The number of rotatable bonds is 4. The van der Waals surface area contributed by atoms with E-state index in [4.69, 9.17) is 27.2 Å². The van der Waals surface area contributed by atoms with Crippen LogP contribution in [0.25, 0.3) is 0 Å². The van der Waals surface area contributed by atoms with E-state index in [9.17, 15) is 8.78 Å². The van der Waals surface area contributed by atoms with E-state index in [1.165, 1.54) is 0 Å². The second kappa shape index (κ2) is 5.25. The highest BCUT2D eigenvalue weighted by Crippen LogP contribution is 2.28. The predicted octanol–water partition coefficient (Wildman–Crippen LogP) is 1.32. The minimum Gasteiger partial charge on any atom is -0.489 e. The zero-order chi connectivity index (χ0) is 11.4. The Bertz CT molecular complexity index is 349. The van der Waals surface area contributed by atoms with E-state index >= 15 is 0 Å². The summed E-state index contributed by atoms with van der Waals surface area (Å²) in [6, 6.07) is 1.59.